The molecule has 0 aromatic heterocycles. The smallest absolute Gasteiger partial charge is 0.149 e. The maximum atomic E-state index is 11.2. The van der Waals surface area contributed by atoms with Crippen molar-refractivity contribution in [2.75, 3.05) is 0 Å². The van der Waals surface area contributed by atoms with E-state index in [2.05, 4.69) is 19.1 Å². The van der Waals surface area contributed by atoms with Crippen LogP contribution in [0, 0.1) is 0 Å². The summed E-state index contributed by atoms with van der Waals surface area (Å²) >= 11 is 0. The Morgan fingerprint density at radius 1 is 1.14 bits per heavy atom. The second kappa shape index (κ2) is 8.46. The van der Waals surface area contributed by atoms with Gasteiger partial charge in [0.05, 0.1) is 0 Å². The van der Waals surface area contributed by atoms with Crippen LogP contribution in [0.1, 0.15) is 51.0 Å². The van der Waals surface area contributed by atoms with E-state index in [1.54, 1.807) is 0 Å². The molecule has 0 fully saturated rings. The van der Waals surface area contributed by atoms with Gasteiger partial charge in [-0.2, -0.15) is 0 Å². The number of hydrogen-bond acceptors (Lipinski definition) is 2. The summed E-state index contributed by atoms with van der Waals surface area (Å²) in [6, 6.07) is 7.85. The Morgan fingerprint density at radius 2 is 1.95 bits per heavy atom. The third-order valence-electron chi connectivity index (χ3n) is 3.75. The van der Waals surface area contributed by atoms with Gasteiger partial charge in [0.15, 0.2) is 0 Å². The van der Waals surface area contributed by atoms with Crippen LogP contribution in [0.3, 0.4) is 0 Å². The average molecular weight is 284 g/mol. The molecule has 0 saturated carbocycles. The van der Waals surface area contributed by atoms with E-state index in [9.17, 15) is 4.79 Å². The van der Waals surface area contributed by atoms with Crippen molar-refractivity contribution in [2.45, 2.75) is 51.6 Å². The largest absolute Gasteiger partial charge is 0.485 e. The lowest BCUT2D eigenvalue weighted by molar-refractivity contribution is -0.105. The van der Waals surface area contributed by atoms with Gasteiger partial charge in [-0.3, -0.25) is 4.79 Å². The Labute approximate surface area is 127 Å². The number of unbranched alkanes of at least 4 members (excludes halogenated alkanes) is 3. The predicted octanol–water partition coefficient (Wildman–Crippen LogP) is 4.95. The fourth-order valence-electron chi connectivity index (χ4n) is 2.53. The highest BCUT2D eigenvalue weighted by atomic mass is 16.5. The van der Waals surface area contributed by atoms with E-state index in [1.165, 1.54) is 19.3 Å². The van der Waals surface area contributed by atoms with Crippen LogP contribution in [0.5, 0.6) is 5.75 Å². The number of fused-ring (bicyclic) bond motifs is 1. The topological polar surface area (TPSA) is 26.3 Å². The van der Waals surface area contributed by atoms with Gasteiger partial charge in [-0.25, -0.2) is 0 Å². The van der Waals surface area contributed by atoms with E-state index in [0.29, 0.717) is 0 Å². The van der Waals surface area contributed by atoms with Crippen LogP contribution in [0.25, 0.3) is 6.08 Å². The van der Waals surface area contributed by atoms with Crippen molar-refractivity contribution in [1.82, 2.24) is 0 Å². The predicted molar refractivity (Wildman–Crippen MR) is 87.4 cm³/mol. The van der Waals surface area contributed by atoms with Gasteiger partial charge in [0, 0.05) is 11.1 Å². The number of aldehydes is 1. The number of para-hydroxylation sites is 1. The molecule has 1 unspecified atom stereocenters. The lowest BCUT2D eigenvalue weighted by Gasteiger charge is -2.24. The van der Waals surface area contributed by atoms with Crippen molar-refractivity contribution in [3.8, 4) is 5.75 Å². The molecule has 2 nitrogen and oxygen atoms in total. The first-order valence-electron chi connectivity index (χ1n) is 7.92. The summed E-state index contributed by atoms with van der Waals surface area (Å²) in [5.41, 5.74) is 1.74. The number of allylic oxidation sites excluding steroid dienone is 2. The van der Waals surface area contributed by atoms with E-state index < -0.39 is 0 Å². The molecule has 0 saturated heterocycles. The first kappa shape index (κ1) is 15.6. The molecule has 0 radical (unpaired) electrons. The third-order valence-corrected chi connectivity index (χ3v) is 3.75. The number of ether oxygens (including phenoxy) is 1. The lowest BCUT2D eigenvalue weighted by Crippen LogP contribution is -2.23. The minimum Gasteiger partial charge on any atom is -0.485 e. The molecule has 2 heteroatoms. The maximum Gasteiger partial charge on any atom is 0.149 e. The summed E-state index contributed by atoms with van der Waals surface area (Å²) in [5, 5.41) is 0. The number of benzene rings is 1. The Hall–Kier alpha value is -1.83. The molecule has 1 aliphatic rings. The van der Waals surface area contributed by atoms with Gasteiger partial charge < -0.3 is 4.74 Å². The Kier molecular flexibility index (Phi) is 6.26. The van der Waals surface area contributed by atoms with Crippen LogP contribution in [0.2, 0.25) is 0 Å². The maximum absolute atomic E-state index is 11.2. The van der Waals surface area contributed by atoms with Gasteiger partial charge in [0.2, 0.25) is 0 Å². The molecule has 1 heterocycles. The molecule has 0 aliphatic carbocycles. The summed E-state index contributed by atoms with van der Waals surface area (Å²) < 4.78 is 5.95. The summed E-state index contributed by atoms with van der Waals surface area (Å²) in [6.45, 7) is 2.22. The Balaban J connectivity index is 1.85. The molecular formula is C19H24O2. The van der Waals surface area contributed by atoms with Crippen LogP contribution in [0.15, 0.2) is 42.0 Å². The highest BCUT2D eigenvalue weighted by molar-refractivity contribution is 5.85. The van der Waals surface area contributed by atoms with Crippen LogP contribution in [-0.2, 0) is 4.79 Å². The number of rotatable bonds is 8. The molecule has 0 amide bonds. The van der Waals surface area contributed by atoms with Crippen LogP contribution < -0.4 is 4.74 Å². The SMILES string of the molecule is CCCCC/C=C/CCC1Oc2ccccc2C=C1C=O. The van der Waals surface area contributed by atoms with Crippen LogP contribution >= 0.6 is 0 Å². The molecule has 21 heavy (non-hydrogen) atoms. The van der Waals surface area contributed by atoms with Gasteiger partial charge in [-0.1, -0.05) is 50.1 Å². The Bertz CT molecular complexity index is 514. The molecule has 1 atom stereocenters. The van der Waals surface area contributed by atoms with Crippen LogP contribution in [0.4, 0.5) is 0 Å². The summed E-state index contributed by atoms with van der Waals surface area (Å²) in [6.07, 6.45) is 14.0. The first-order chi connectivity index (χ1) is 10.3. The van der Waals surface area contributed by atoms with E-state index in [4.69, 9.17) is 4.74 Å². The van der Waals surface area contributed by atoms with Crippen molar-refractivity contribution < 1.29 is 9.53 Å². The minimum atomic E-state index is -0.113. The number of carbonyl (C=O) groups excluding carboxylic acids is 1. The van der Waals surface area contributed by atoms with Gasteiger partial charge >= 0.3 is 0 Å². The highest BCUT2D eigenvalue weighted by Crippen LogP contribution is 2.30. The van der Waals surface area contributed by atoms with Gasteiger partial charge in [0.1, 0.15) is 18.1 Å². The third kappa shape index (κ3) is 4.59. The van der Waals surface area contributed by atoms with Crippen molar-refractivity contribution in [3.05, 3.63) is 47.6 Å². The van der Waals surface area contributed by atoms with Crippen LogP contribution in [-0.4, -0.2) is 12.4 Å². The molecular weight excluding hydrogens is 260 g/mol. The zero-order valence-corrected chi connectivity index (χ0v) is 12.8. The fourth-order valence-corrected chi connectivity index (χ4v) is 2.53. The lowest BCUT2D eigenvalue weighted by atomic mass is 9.99. The highest BCUT2D eigenvalue weighted by Gasteiger charge is 2.21. The number of carbonyl (C=O) groups is 1. The molecule has 1 aromatic rings. The van der Waals surface area contributed by atoms with E-state index in [1.807, 2.05) is 30.3 Å². The van der Waals surface area contributed by atoms with Gasteiger partial charge in [0.25, 0.3) is 0 Å². The Morgan fingerprint density at radius 3 is 2.76 bits per heavy atom. The van der Waals surface area contributed by atoms with Crippen molar-refractivity contribution in [3.63, 3.8) is 0 Å². The van der Waals surface area contributed by atoms with Crippen molar-refractivity contribution in [1.29, 1.82) is 0 Å². The van der Waals surface area contributed by atoms with Gasteiger partial charge in [-0.05, 0) is 37.8 Å². The van der Waals surface area contributed by atoms with Gasteiger partial charge in [-0.15, -0.1) is 0 Å². The molecule has 1 aliphatic heterocycles. The van der Waals surface area contributed by atoms with Crippen molar-refractivity contribution in [2.24, 2.45) is 0 Å². The summed E-state index contributed by atoms with van der Waals surface area (Å²) in [5.74, 6) is 0.875. The minimum absolute atomic E-state index is 0.113. The second-order valence-electron chi connectivity index (χ2n) is 5.45. The molecule has 0 N–H and O–H groups in total. The summed E-state index contributed by atoms with van der Waals surface area (Å²) in [4.78, 5) is 11.2. The monoisotopic (exact) mass is 284 g/mol. The molecule has 0 bridgehead atoms. The molecule has 0 spiro atoms. The van der Waals surface area contributed by atoms with Crippen molar-refractivity contribution >= 4 is 12.4 Å². The average Bonchev–Trinajstić information content (AvgIpc) is 2.53. The normalized spacial score (nSPS) is 17.2. The quantitative estimate of drug-likeness (QED) is 0.383. The molecule has 112 valence electrons. The summed E-state index contributed by atoms with van der Waals surface area (Å²) in [7, 11) is 0. The van der Waals surface area contributed by atoms with E-state index in [0.717, 1.165) is 42.4 Å². The molecule has 1 aromatic carbocycles. The van der Waals surface area contributed by atoms with E-state index in [-0.39, 0.29) is 6.10 Å². The standard InChI is InChI=1S/C19H24O2/c1-2-3-4-5-6-7-8-12-19-17(15-20)14-16-11-9-10-13-18(16)21-19/h6-7,9-11,13-15,19H,2-5,8,12H2,1H3/b7-6+. The molecule has 2 rings (SSSR count). The van der Waals surface area contributed by atoms with E-state index >= 15 is 0 Å². The fraction of sp³-hybridized carbons (Fsp3) is 0.421. The zero-order valence-electron chi connectivity index (χ0n) is 12.8. The first-order valence-corrected chi connectivity index (χ1v) is 7.92. The second-order valence-corrected chi connectivity index (χ2v) is 5.45. The zero-order chi connectivity index (χ0) is 14.9. The number of hydrogen-bond donors (Lipinski definition) is 0.